The van der Waals surface area contributed by atoms with Gasteiger partial charge in [0.2, 0.25) is 0 Å². The van der Waals surface area contributed by atoms with E-state index in [0.717, 1.165) is 18.5 Å². The predicted molar refractivity (Wildman–Crippen MR) is 127 cm³/mol. The Balaban J connectivity index is 1.55. The molecular weight excluding hydrogens is 422 g/mol. The molecule has 0 bridgehead atoms. The van der Waals surface area contributed by atoms with Crippen LogP contribution in [0, 0.1) is 18.2 Å². The molecule has 1 spiro atoms. The van der Waals surface area contributed by atoms with Gasteiger partial charge >= 0.3 is 13.2 Å². The molecule has 33 heavy (non-hydrogen) atoms. The fraction of sp³-hybridized carbons (Fsp3) is 0.640. The molecule has 6 nitrogen and oxygen atoms in total. The third kappa shape index (κ3) is 4.33. The second-order valence-electron chi connectivity index (χ2n) is 11.4. The van der Waals surface area contributed by atoms with Crippen molar-refractivity contribution < 1.29 is 23.2 Å². The van der Waals surface area contributed by atoms with Gasteiger partial charge in [0.1, 0.15) is 17.5 Å². The van der Waals surface area contributed by atoms with Crippen molar-refractivity contribution >= 4 is 24.4 Å². The molecule has 1 atom stereocenters. The number of amides is 1. The fourth-order valence-electron chi connectivity index (χ4n) is 4.49. The molecule has 1 aromatic carbocycles. The maximum atomic E-state index is 15.2. The van der Waals surface area contributed by atoms with E-state index in [1.165, 1.54) is 6.07 Å². The smallest absolute Gasteiger partial charge is 0.444 e. The number of hydrogen-bond donors (Lipinski definition) is 0. The van der Waals surface area contributed by atoms with E-state index < -0.39 is 30.0 Å². The minimum atomic E-state index is -0.763. The average Bonchev–Trinajstić information content (AvgIpc) is 3.38. The van der Waals surface area contributed by atoms with Crippen LogP contribution in [0.15, 0.2) is 18.2 Å². The van der Waals surface area contributed by atoms with Gasteiger partial charge in [-0.05, 0) is 73.4 Å². The number of carbonyl (C=O) groups excluding carboxylic acids is 1. The van der Waals surface area contributed by atoms with Crippen molar-refractivity contribution in [1.29, 1.82) is 0 Å². The summed E-state index contributed by atoms with van der Waals surface area (Å²) in [5.74, 6) is 2.37. The largest absolute Gasteiger partial charge is 0.497 e. The van der Waals surface area contributed by atoms with E-state index in [1.54, 1.807) is 11.0 Å². The van der Waals surface area contributed by atoms with E-state index in [9.17, 15) is 4.79 Å². The highest BCUT2D eigenvalue weighted by atomic mass is 19.1. The maximum Gasteiger partial charge on any atom is 0.497 e. The van der Waals surface area contributed by atoms with Gasteiger partial charge in [-0.25, -0.2) is 9.18 Å². The first kappa shape index (κ1) is 23.9. The minimum Gasteiger partial charge on any atom is -0.444 e. The number of nitrogens with zero attached hydrogens (tertiary/aromatic N) is 2. The van der Waals surface area contributed by atoms with Crippen molar-refractivity contribution in [3.05, 3.63) is 24.0 Å². The van der Waals surface area contributed by atoms with Gasteiger partial charge in [-0.2, -0.15) is 0 Å². The summed E-state index contributed by atoms with van der Waals surface area (Å²) < 4.78 is 32.9. The molecule has 2 heterocycles. The van der Waals surface area contributed by atoms with Crippen molar-refractivity contribution in [1.82, 2.24) is 4.90 Å². The highest BCUT2D eigenvalue weighted by Crippen LogP contribution is 2.47. The van der Waals surface area contributed by atoms with E-state index in [-0.39, 0.29) is 17.4 Å². The summed E-state index contributed by atoms with van der Waals surface area (Å²) in [6.07, 6.45) is 7.14. The van der Waals surface area contributed by atoms with Crippen molar-refractivity contribution in [3.63, 3.8) is 0 Å². The number of hydrogen-bond acceptors (Lipinski definition) is 5. The van der Waals surface area contributed by atoms with Crippen LogP contribution in [-0.2, 0) is 14.0 Å². The SMILES string of the molecule is C#C[C@@H]1CN(c2ccc(B3OC(C)(C)C(C)(C)O3)c(F)c2)CC2(CC2)N1C(=O)OC(C)(C)C. The first-order valence-electron chi connectivity index (χ1n) is 11.6. The molecule has 2 saturated heterocycles. The van der Waals surface area contributed by atoms with E-state index in [4.69, 9.17) is 20.5 Å². The molecule has 178 valence electrons. The van der Waals surface area contributed by atoms with Crippen LogP contribution in [0.5, 0.6) is 0 Å². The molecule has 1 aromatic rings. The van der Waals surface area contributed by atoms with Gasteiger partial charge in [-0.15, -0.1) is 6.42 Å². The molecule has 8 heteroatoms. The Kier molecular flexibility index (Phi) is 5.54. The van der Waals surface area contributed by atoms with Crippen LogP contribution in [0.4, 0.5) is 14.9 Å². The molecule has 1 saturated carbocycles. The van der Waals surface area contributed by atoms with Crippen LogP contribution in [-0.4, -0.2) is 59.6 Å². The number of carbonyl (C=O) groups is 1. The summed E-state index contributed by atoms with van der Waals surface area (Å²) in [4.78, 5) is 16.7. The number of ether oxygens (including phenoxy) is 1. The lowest BCUT2D eigenvalue weighted by Crippen LogP contribution is -2.62. The Morgan fingerprint density at radius 1 is 1.21 bits per heavy atom. The molecule has 0 aromatic heterocycles. The van der Waals surface area contributed by atoms with Crippen LogP contribution in [0.1, 0.15) is 61.3 Å². The lowest BCUT2D eigenvalue weighted by Gasteiger charge is -2.46. The number of benzene rings is 1. The highest BCUT2D eigenvalue weighted by Gasteiger charge is 2.57. The topological polar surface area (TPSA) is 51.2 Å². The second kappa shape index (κ2) is 7.64. The fourth-order valence-corrected chi connectivity index (χ4v) is 4.49. The number of terminal acetylenes is 1. The van der Waals surface area contributed by atoms with Gasteiger partial charge < -0.3 is 18.9 Å². The molecule has 3 aliphatic rings. The molecule has 1 amide bonds. The summed E-state index contributed by atoms with van der Waals surface area (Å²) >= 11 is 0. The molecule has 1 aliphatic carbocycles. The molecule has 3 fully saturated rings. The monoisotopic (exact) mass is 456 g/mol. The first-order valence-corrected chi connectivity index (χ1v) is 11.6. The van der Waals surface area contributed by atoms with Gasteiger partial charge in [0.25, 0.3) is 0 Å². The Morgan fingerprint density at radius 2 is 1.82 bits per heavy atom. The van der Waals surface area contributed by atoms with E-state index >= 15 is 4.39 Å². The third-order valence-corrected chi connectivity index (χ3v) is 7.17. The summed E-state index contributed by atoms with van der Waals surface area (Å²) in [5, 5.41) is 0. The predicted octanol–water partition coefficient (Wildman–Crippen LogP) is 3.72. The van der Waals surface area contributed by atoms with Gasteiger partial charge in [0.15, 0.2) is 0 Å². The van der Waals surface area contributed by atoms with Gasteiger partial charge in [-0.3, -0.25) is 4.90 Å². The van der Waals surface area contributed by atoms with Crippen LogP contribution in [0.3, 0.4) is 0 Å². The Labute approximate surface area is 196 Å². The summed E-state index contributed by atoms with van der Waals surface area (Å²) in [5.41, 5.74) is -0.963. The van der Waals surface area contributed by atoms with E-state index in [0.29, 0.717) is 18.6 Å². The standard InChI is InChI=1S/C25H34BFN2O4/c1-9-17-15-28(16-25(12-13-25)29(17)21(30)31-22(2,3)4)18-10-11-19(20(27)14-18)26-32-23(5,6)24(7,8)33-26/h1,10-11,14,17H,12-13,15-16H2,2-8H3/t17-/m1/s1. The average molecular weight is 456 g/mol. The van der Waals surface area contributed by atoms with E-state index in [2.05, 4.69) is 10.8 Å². The number of piperazine rings is 1. The zero-order chi connectivity index (χ0) is 24.4. The molecular formula is C25H34BFN2O4. The third-order valence-electron chi connectivity index (χ3n) is 7.17. The van der Waals surface area contributed by atoms with Gasteiger partial charge in [0.05, 0.1) is 16.7 Å². The van der Waals surface area contributed by atoms with Crippen molar-refractivity contribution in [2.45, 2.75) is 89.7 Å². The Hall–Kier alpha value is -2.24. The summed E-state index contributed by atoms with van der Waals surface area (Å²) in [7, 11) is -0.763. The van der Waals surface area contributed by atoms with Crippen LogP contribution in [0.25, 0.3) is 0 Å². The van der Waals surface area contributed by atoms with Crippen molar-refractivity contribution in [2.75, 3.05) is 18.0 Å². The molecule has 0 radical (unpaired) electrons. The van der Waals surface area contributed by atoms with Crippen LogP contribution in [0.2, 0.25) is 0 Å². The molecule has 0 N–H and O–H groups in total. The summed E-state index contributed by atoms with van der Waals surface area (Å²) in [6, 6.07) is 4.64. The Morgan fingerprint density at radius 3 is 2.30 bits per heavy atom. The maximum absolute atomic E-state index is 15.2. The quantitative estimate of drug-likeness (QED) is 0.502. The number of rotatable bonds is 2. The Bertz CT molecular complexity index is 977. The normalized spacial score (nSPS) is 25.2. The first-order chi connectivity index (χ1) is 15.2. The van der Waals surface area contributed by atoms with Gasteiger partial charge in [-0.1, -0.05) is 12.0 Å². The minimum absolute atomic E-state index is 0.374. The van der Waals surface area contributed by atoms with Crippen LogP contribution >= 0.6 is 0 Å². The van der Waals surface area contributed by atoms with Crippen molar-refractivity contribution in [2.24, 2.45) is 0 Å². The molecule has 2 aliphatic heterocycles. The summed E-state index contributed by atoms with van der Waals surface area (Å²) in [6.45, 7) is 14.3. The number of halogens is 1. The van der Waals surface area contributed by atoms with Gasteiger partial charge in [0, 0.05) is 24.2 Å². The zero-order valence-electron chi connectivity index (χ0n) is 20.7. The highest BCUT2D eigenvalue weighted by molar-refractivity contribution is 6.62. The molecule has 4 rings (SSSR count). The number of anilines is 1. The zero-order valence-corrected chi connectivity index (χ0v) is 20.7. The van der Waals surface area contributed by atoms with Crippen LogP contribution < -0.4 is 10.4 Å². The lowest BCUT2D eigenvalue weighted by atomic mass is 9.78. The second-order valence-corrected chi connectivity index (χ2v) is 11.4. The van der Waals surface area contributed by atoms with E-state index in [1.807, 2.05) is 54.5 Å². The molecule has 0 unspecified atom stereocenters. The lowest BCUT2D eigenvalue weighted by molar-refractivity contribution is 0.00363. The van der Waals surface area contributed by atoms with Crippen molar-refractivity contribution in [3.8, 4) is 12.3 Å².